The van der Waals surface area contributed by atoms with Crippen LogP contribution in [0.4, 0.5) is 0 Å². The molecule has 0 aromatic rings. The third-order valence-electron chi connectivity index (χ3n) is 2.62. The maximum Gasteiger partial charge on any atom is 0.344 e. The first-order valence-corrected chi connectivity index (χ1v) is 6.22. The summed E-state index contributed by atoms with van der Waals surface area (Å²) in [7, 11) is 2.28. The predicted octanol–water partition coefficient (Wildman–Crippen LogP) is 1.56. The van der Waals surface area contributed by atoms with Gasteiger partial charge in [-0.05, 0) is 6.92 Å². The molecule has 0 amide bonds. The van der Waals surface area contributed by atoms with Crippen molar-refractivity contribution >= 4 is 17.9 Å². The van der Waals surface area contributed by atoms with Crippen LogP contribution in [0.15, 0.2) is 29.5 Å². The Kier molecular flexibility index (Phi) is 7.17. The van der Waals surface area contributed by atoms with Crippen LogP contribution in [-0.4, -0.2) is 38.7 Å². The molecule has 116 valence electrons. The van der Waals surface area contributed by atoms with E-state index in [4.69, 9.17) is 4.74 Å². The van der Waals surface area contributed by atoms with Crippen molar-refractivity contribution in [2.24, 2.45) is 5.41 Å². The third-order valence-corrected chi connectivity index (χ3v) is 2.62. The molecule has 0 spiro atoms. The minimum Gasteiger partial charge on any atom is -0.465 e. The van der Waals surface area contributed by atoms with Crippen molar-refractivity contribution in [1.82, 2.24) is 0 Å². The first-order valence-electron chi connectivity index (χ1n) is 6.22. The molecule has 0 rings (SSSR count). The molecule has 0 aliphatic heterocycles. The topological polar surface area (TPSA) is 78.9 Å². The Morgan fingerprint density at radius 1 is 1.10 bits per heavy atom. The number of rotatable bonds is 6. The summed E-state index contributed by atoms with van der Waals surface area (Å²) >= 11 is 0. The lowest BCUT2D eigenvalue weighted by Crippen LogP contribution is -2.25. The maximum absolute atomic E-state index is 11.9. The summed E-state index contributed by atoms with van der Waals surface area (Å²) in [6, 6.07) is 0. The minimum absolute atomic E-state index is 0.0923. The Morgan fingerprint density at radius 3 is 1.90 bits per heavy atom. The van der Waals surface area contributed by atoms with Gasteiger partial charge in [0, 0.05) is 5.41 Å². The highest BCUT2D eigenvalue weighted by atomic mass is 16.5. The number of allylic oxidation sites excluding steroid dienone is 1. The van der Waals surface area contributed by atoms with Crippen molar-refractivity contribution in [3.05, 3.63) is 29.5 Å². The Bertz CT molecular complexity index is 488. The summed E-state index contributed by atoms with van der Waals surface area (Å²) in [4.78, 5) is 35.1. The molecule has 0 atom stereocenters. The molecule has 0 aliphatic rings. The zero-order chi connectivity index (χ0) is 16.6. The molecule has 0 fully saturated rings. The van der Waals surface area contributed by atoms with Gasteiger partial charge in [0.25, 0.3) is 0 Å². The van der Waals surface area contributed by atoms with Gasteiger partial charge in [-0.3, -0.25) is 0 Å². The molecule has 0 N–H and O–H groups in total. The molecule has 0 aromatic carbocycles. The summed E-state index contributed by atoms with van der Waals surface area (Å²) in [5, 5.41) is 0. The standard InChI is InChI=1S/C15H20O6/c1-7-11(14(18)21-8-2)15(3,4)9-10(12(16)19-5)13(17)20-6/h9H,1,8H2,2-6H3. The molecule has 0 unspecified atom stereocenters. The van der Waals surface area contributed by atoms with Gasteiger partial charge in [-0.15, -0.1) is 5.73 Å². The normalized spacial score (nSPS) is 9.95. The Balaban J connectivity index is 5.79. The predicted molar refractivity (Wildman–Crippen MR) is 75.2 cm³/mol. The summed E-state index contributed by atoms with van der Waals surface area (Å²) in [5.74, 6) is -2.34. The van der Waals surface area contributed by atoms with Gasteiger partial charge in [-0.2, -0.15) is 0 Å². The van der Waals surface area contributed by atoms with Crippen LogP contribution in [0.3, 0.4) is 0 Å². The summed E-state index contributed by atoms with van der Waals surface area (Å²) < 4.78 is 14.0. The zero-order valence-electron chi connectivity index (χ0n) is 12.9. The van der Waals surface area contributed by atoms with Crippen molar-refractivity contribution in [1.29, 1.82) is 0 Å². The van der Waals surface area contributed by atoms with Crippen LogP contribution >= 0.6 is 0 Å². The Morgan fingerprint density at radius 2 is 1.57 bits per heavy atom. The van der Waals surface area contributed by atoms with Crippen LogP contribution in [0.5, 0.6) is 0 Å². The van der Waals surface area contributed by atoms with Gasteiger partial charge in [0.15, 0.2) is 0 Å². The molecule has 6 heteroatoms. The molecular weight excluding hydrogens is 276 g/mol. The van der Waals surface area contributed by atoms with Crippen LogP contribution in [0.25, 0.3) is 0 Å². The van der Waals surface area contributed by atoms with Crippen LogP contribution in [0.1, 0.15) is 20.8 Å². The average Bonchev–Trinajstić information content (AvgIpc) is 2.43. The van der Waals surface area contributed by atoms with Gasteiger partial charge in [0.2, 0.25) is 0 Å². The quantitative estimate of drug-likeness (QED) is 0.185. The number of hydrogen-bond donors (Lipinski definition) is 0. The van der Waals surface area contributed by atoms with Crippen molar-refractivity contribution in [3.8, 4) is 0 Å². The molecule has 0 saturated heterocycles. The monoisotopic (exact) mass is 296 g/mol. The van der Waals surface area contributed by atoms with E-state index in [0.717, 1.165) is 14.2 Å². The highest BCUT2D eigenvalue weighted by Crippen LogP contribution is 2.30. The average molecular weight is 296 g/mol. The Labute approximate surface area is 124 Å². The number of esters is 3. The van der Waals surface area contributed by atoms with Gasteiger partial charge < -0.3 is 14.2 Å². The molecule has 0 heterocycles. The van der Waals surface area contributed by atoms with Crippen LogP contribution in [0, 0.1) is 5.41 Å². The maximum atomic E-state index is 11.9. The van der Waals surface area contributed by atoms with E-state index in [9.17, 15) is 14.4 Å². The molecular formula is C15H20O6. The van der Waals surface area contributed by atoms with E-state index in [1.54, 1.807) is 20.8 Å². The second-order valence-corrected chi connectivity index (χ2v) is 4.54. The molecule has 0 aliphatic carbocycles. The summed E-state index contributed by atoms with van der Waals surface area (Å²) in [6.07, 6.45) is 1.27. The second kappa shape index (κ2) is 8.07. The van der Waals surface area contributed by atoms with Crippen molar-refractivity contribution in [2.45, 2.75) is 20.8 Å². The van der Waals surface area contributed by atoms with E-state index in [0.29, 0.717) is 0 Å². The van der Waals surface area contributed by atoms with E-state index in [-0.39, 0.29) is 17.8 Å². The van der Waals surface area contributed by atoms with E-state index < -0.39 is 23.3 Å². The Hall–Kier alpha value is -2.33. The fourth-order valence-corrected chi connectivity index (χ4v) is 1.62. The second-order valence-electron chi connectivity index (χ2n) is 4.54. The first-order chi connectivity index (χ1) is 9.74. The van der Waals surface area contributed by atoms with Crippen LogP contribution in [-0.2, 0) is 28.6 Å². The summed E-state index contributed by atoms with van der Waals surface area (Å²) in [5.41, 5.74) is 1.24. The van der Waals surface area contributed by atoms with Gasteiger partial charge >= 0.3 is 17.9 Å². The minimum atomic E-state index is -1.02. The smallest absolute Gasteiger partial charge is 0.344 e. The van der Waals surface area contributed by atoms with Gasteiger partial charge in [-0.25, -0.2) is 14.4 Å². The first kappa shape index (κ1) is 18.7. The van der Waals surface area contributed by atoms with Crippen LogP contribution in [0.2, 0.25) is 0 Å². The highest BCUT2D eigenvalue weighted by Gasteiger charge is 2.32. The lowest BCUT2D eigenvalue weighted by Gasteiger charge is -2.22. The number of ether oxygens (including phenoxy) is 3. The fraction of sp³-hybridized carbons (Fsp3) is 0.467. The SMILES string of the molecule is C=C=C(C(=O)OCC)C(C)(C)C=C(C(=O)OC)C(=O)OC. The fourth-order valence-electron chi connectivity index (χ4n) is 1.62. The van der Waals surface area contributed by atoms with E-state index in [1.165, 1.54) is 6.08 Å². The number of carbonyl (C=O) groups is 3. The van der Waals surface area contributed by atoms with Gasteiger partial charge in [0.05, 0.1) is 26.4 Å². The lowest BCUT2D eigenvalue weighted by molar-refractivity contribution is -0.144. The van der Waals surface area contributed by atoms with Gasteiger partial charge in [0.1, 0.15) is 5.57 Å². The zero-order valence-corrected chi connectivity index (χ0v) is 12.9. The molecule has 6 nitrogen and oxygen atoms in total. The molecule has 0 bridgehead atoms. The molecule has 21 heavy (non-hydrogen) atoms. The molecule has 0 aromatic heterocycles. The van der Waals surface area contributed by atoms with Crippen molar-refractivity contribution < 1.29 is 28.6 Å². The largest absolute Gasteiger partial charge is 0.465 e. The number of carbonyl (C=O) groups excluding carboxylic acids is 3. The summed E-state index contributed by atoms with van der Waals surface area (Å²) in [6.45, 7) is 8.52. The van der Waals surface area contributed by atoms with Crippen LogP contribution < -0.4 is 0 Å². The van der Waals surface area contributed by atoms with E-state index in [1.807, 2.05) is 0 Å². The van der Waals surface area contributed by atoms with E-state index in [2.05, 4.69) is 21.8 Å². The molecule has 0 radical (unpaired) electrons. The highest BCUT2D eigenvalue weighted by molar-refractivity contribution is 6.14. The molecule has 0 saturated carbocycles. The lowest BCUT2D eigenvalue weighted by atomic mass is 9.82. The van der Waals surface area contributed by atoms with Crippen molar-refractivity contribution in [3.63, 3.8) is 0 Å². The number of methoxy groups -OCH3 is 2. The third kappa shape index (κ3) is 4.93. The number of hydrogen-bond acceptors (Lipinski definition) is 6. The van der Waals surface area contributed by atoms with Crippen molar-refractivity contribution in [2.75, 3.05) is 20.8 Å². The van der Waals surface area contributed by atoms with E-state index >= 15 is 0 Å². The van der Waals surface area contributed by atoms with Gasteiger partial charge in [-0.1, -0.05) is 26.5 Å².